The van der Waals surface area contributed by atoms with Gasteiger partial charge in [-0.05, 0) is 25.7 Å². The van der Waals surface area contributed by atoms with Crippen molar-refractivity contribution in [2.45, 2.75) is 69.5 Å². The molecule has 3 aliphatic rings. The molecule has 148 valence electrons. The number of rotatable bonds is 7. The number of carbonyl (C=O) groups is 2. The number of epoxide rings is 2. The number of carbonyl (C=O) groups excluding carboxylic acids is 2. The number of alkyl halides is 1. The van der Waals surface area contributed by atoms with Crippen molar-refractivity contribution < 1.29 is 28.5 Å². The van der Waals surface area contributed by atoms with E-state index in [0.29, 0.717) is 18.9 Å². The van der Waals surface area contributed by atoms with E-state index in [9.17, 15) is 9.59 Å². The first kappa shape index (κ1) is 19.9. The summed E-state index contributed by atoms with van der Waals surface area (Å²) in [5.74, 6) is -0.287. The molecule has 1 spiro atoms. The van der Waals surface area contributed by atoms with Gasteiger partial charge in [0.25, 0.3) is 0 Å². The van der Waals surface area contributed by atoms with Crippen LogP contribution >= 0.6 is 11.6 Å². The molecule has 1 unspecified atom stereocenters. The highest BCUT2D eigenvalue weighted by Crippen LogP contribution is 2.61. The molecule has 7 nitrogen and oxygen atoms in total. The topological polar surface area (TPSA) is 89.7 Å². The maximum Gasteiger partial charge on any atom is 0.414 e. The molecule has 2 aliphatic heterocycles. The zero-order valence-electron chi connectivity index (χ0n) is 15.7. The van der Waals surface area contributed by atoms with Gasteiger partial charge in [0.05, 0.1) is 18.6 Å². The molecule has 26 heavy (non-hydrogen) atoms. The van der Waals surface area contributed by atoms with E-state index >= 15 is 0 Å². The molecule has 3 rings (SSSR count). The molecule has 0 aromatic carbocycles. The summed E-state index contributed by atoms with van der Waals surface area (Å²) in [6.45, 7) is 7.10. The average Bonchev–Trinajstić information content (AvgIpc) is 3.44. The standard InChI is InChI=1S/C18H28ClNO6/c1-10(2)5-6-12-17(3,26-12)15-14(23-4)11(7-18(15)9-24-18)25-16(22)20-13(21)8-19/h10-12,14-15H,5-9H2,1-4H3,(H,20,21,22)/t11-,12-,14-,15?,17+,18+/m1/s1. The Balaban J connectivity index is 1.67. The third-order valence-electron chi connectivity index (χ3n) is 5.82. The lowest BCUT2D eigenvalue weighted by Crippen LogP contribution is -2.43. The van der Waals surface area contributed by atoms with Gasteiger partial charge in [0, 0.05) is 13.5 Å². The van der Waals surface area contributed by atoms with Crippen LogP contribution in [0.2, 0.25) is 0 Å². The van der Waals surface area contributed by atoms with Gasteiger partial charge in [-0.2, -0.15) is 0 Å². The number of alkyl carbamates (subject to hydrolysis) is 1. The Morgan fingerprint density at radius 1 is 1.38 bits per heavy atom. The lowest BCUT2D eigenvalue weighted by Gasteiger charge is -2.27. The molecular formula is C18H28ClNO6. The van der Waals surface area contributed by atoms with Crippen molar-refractivity contribution in [3.05, 3.63) is 0 Å². The second-order valence-corrected chi connectivity index (χ2v) is 8.39. The van der Waals surface area contributed by atoms with Gasteiger partial charge in [-0.3, -0.25) is 10.1 Å². The Morgan fingerprint density at radius 2 is 2.08 bits per heavy atom. The second kappa shape index (κ2) is 7.26. The van der Waals surface area contributed by atoms with Crippen molar-refractivity contribution in [1.82, 2.24) is 5.32 Å². The van der Waals surface area contributed by atoms with Gasteiger partial charge in [0.2, 0.25) is 5.91 Å². The van der Waals surface area contributed by atoms with E-state index < -0.39 is 18.1 Å². The zero-order chi connectivity index (χ0) is 19.1. The number of imide groups is 1. The number of ether oxygens (including phenoxy) is 4. The van der Waals surface area contributed by atoms with Crippen molar-refractivity contribution in [2.75, 3.05) is 19.6 Å². The molecule has 3 fully saturated rings. The van der Waals surface area contributed by atoms with Crippen LogP contribution in [0.4, 0.5) is 4.79 Å². The maximum atomic E-state index is 11.9. The molecule has 2 saturated heterocycles. The van der Waals surface area contributed by atoms with Crippen LogP contribution in [0.1, 0.15) is 40.0 Å². The third-order valence-corrected chi connectivity index (χ3v) is 6.06. The summed E-state index contributed by atoms with van der Waals surface area (Å²) in [5, 5.41) is 2.10. The predicted molar refractivity (Wildman–Crippen MR) is 94.1 cm³/mol. The summed E-state index contributed by atoms with van der Waals surface area (Å²) in [6, 6.07) is 0. The first-order valence-corrected chi connectivity index (χ1v) is 9.70. The van der Waals surface area contributed by atoms with Gasteiger partial charge in [0.15, 0.2) is 0 Å². The van der Waals surface area contributed by atoms with Crippen molar-refractivity contribution in [1.29, 1.82) is 0 Å². The largest absolute Gasteiger partial charge is 0.443 e. The van der Waals surface area contributed by atoms with Gasteiger partial charge >= 0.3 is 6.09 Å². The van der Waals surface area contributed by atoms with Crippen molar-refractivity contribution in [3.8, 4) is 0 Å². The van der Waals surface area contributed by atoms with Crippen LogP contribution in [0.5, 0.6) is 0 Å². The molecule has 8 heteroatoms. The van der Waals surface area contributed by atoms with Crippen molar-refractivity contribution in [2.24, 2.45) is 11.8 Å². The highest BCUT2D eigenvalue weighted by atomic mass is 35.5. The van der Waals surface area contributed by atoms with Crippen LogP contribution in [-0.4, -0.2) is 61.1 Å². The molecular weight excluding hydrogens is 362 g/mol. The zero-order valence-corrected chi connectivity index (χ0v) is 16.5. The molecule has 0 bridgehead atoms. The van der Waals surface area contributed by atoms with E-state index in [-0.39, 0.29) is 35.2 Å². The van der Waals surface area contributed by atoms with Gasteiger partial charge < -0.3 is 18.9 Å². The van der Waals surface area contributed by atoms with Crippen molar-refractivity contribution in [3.63, 3.8) is 0 Å². The Labute approximate surface area is 159 Å². The highest BCUT2D eigenvalue weighted by molar-refractivity contribution is 6.28. The SMILES string of the molecule is CO[C@H]1C([C@@]2(C)O[C@@H]2CCC(C)C)[C@@]2(CO2)C[C@H]1OC(=O)NC(=O)CCl. The Bertz CT molecular complexity index is 566. The maximum absolute atomic E-state index is 11.9. The predicted octanol–water partition coefficient (Wildman–Crippen LogP) is 2.24. The van der Waals surface area contributed by atoms with Crippen LogP contribution in [0.3, 0.4) is 0 Å². The van der Waals surface area contributed by atoms with E-state index in [2.05, 4.69) is 26.1 Å². The Morgan fingerprint density at radius 3 is 2.62 bits per heavy atom. The lowest BCUT2D eigenvalue weighted by molar-refractivity contribution is -0.118. The molecule has 2 amide bonds. The molecule has 1 N–H and O–H groups in total. The van der Waals surface area contributed by atoms with Gasteiger partial charge in [-0.25, -0.2) is 4.79 Å². The number of nitrogens with one attached hydrogen (secondary N) is 1. The molecule has 0 radical (unpaired) electrons. The van der Waals surface area contributed by atoms with Crippen LogP contribution < -0.4 is 5.32 Å². The fourth-order valence-corrected chi connectivity index (χ4v) is 4.49. The molecule has 0 aromatic rings. The number of hydrogen-bond donors (Lipinski definition) is 1. The van der Waals surface area contributed by atoms with Gasteiger partial charge in [-0.1, -0.05) is 13.8 Å². The lowest BCUT2D eigenvalue weighted by atomic mass is 9.80. The number of halogens is 1. The van der Waals surface area contributed by atoms with Gasteiger partial charge in [-0.15, -0.1) is 11.6 Å². The summed E-state index contributed by atoms with van der Waals surface area (Å²) in [4.78, 5) is 23.2. The molecule has 1 aliphatic carbocycles. The third kappa shape index (κ3) is 3.72. The number of amides is 2. The summed E-state index contributed by atoms with van der Waals surface area (Å²) in [6.07, 6.45) is 1.14. The highest BCUT2D eigenvalue weighted by Gasteiger charge is 2.75. The fraction of sp³-hybridized carbons (Fsp3) is 0.889. The van der Waals surface area contributed by atoms with Gasteiger partial charge in [0.1, 0.15) is 29.3 Å². The molecule has 0 aromatic heterocycles. The Hall–Kier alpha value is -0.890. The summed E-state index contributed by atoms with van der Waals surface area (Å²) in [5.41, 5.74) is -0.712. The average molecular weight is 390 g/mol. The number of hydrogen-bond acceptors (Lipinski definition) is 6. The first-order valence-electron chi connectivity index (χ1n) is 9.16. The van der Waals surface area contributed by atoms with E-state index in [0.717, 1.165) is 12.8 Å². The van der Waals surface area contributed by atoms with E-state index in [4.69, 9.17) is 30.5 Å². The summed E-state index contributed by atoms with van der Waals surface area (Å²) in [7, 11) is 1.60. The molecule has 2 heterocycles. The number of methoxy groups -OCH3 is 1. The summed E-state index contributed by atoms with van der Waals surface area (Å²) < 4.78 is 23.1. The minimum Gasteiger partial charge on any atom is -0.443 e. The minimum absolute atomic E-state index is 0.0151. The smallest absolute Gasteiger partial charge is 0.414 e. The Kier molecular flexibility index (Phi) is 5.55. The van der Waals surface area contributed by atoms with Crippen LogP contribution in [0.25, 0.3) is 0 Å². The monoisotopic (exact) mass is 389 g/mol. The van der Waals surface area contributed by atoms with E-state index in [1.165, 1.54) is 0 Å². The van der Waals surface area contributed by atoms with Crippen LogP contribution in [-0.2, 0) is 23.7 Å². The fourth-order valence-electron chi connectivity index (χ4n) is 4.42. The summed E-state index contributed by atoms with van der Waals surface area (Å²) >= 11 is 5.40. The quantitative estimate of drug-likeness (QED) is 0.530. The second-order valence-electron chi connectivity index (χ2n) is 8.12. The van der Waals surface area contributed by atoms with E-state index in [1.54, 1.807) is 7.11 Å². The normalized spacial score (nSPS) is 40.7. The first-order chi connectivity index (χ1) is 12.3. The van der Waals surface area contributed by atoms with E-state index in [1.807, 2.05) is 0 Å². The molecule has 1 saturated carbocycles. The van der Waals surface area contributed by atoms with Crippen LogP contribution in [0.15, 0.2) is 0 Å². The molecule has 6 atom stereocenters. The minimum atomic E-state index is -0.808. The van der Waals surface area contributed by atoms with Crippen molar-refractivity contribution >= 4 is 23.6 Å². The van der Waals surface area contributed by atoms with Crippen LogP contribution in [0, 0.1) is 11.8 Å².